The van der Waals surface area contributed by atoms with Crippen LogP contribution in [-0.2, 0) is 0 Å². The van der Waals surface area contributed by atoms with Crippen molar-refractivity contribution in [3.63, 3.8) is 0 Å². The number of hydrogen-bond donors (Lipinski definition) is 2. The summed E-state index contributed by atoms with van der Waals surface area (Å²) in [6, 6.07) is 2.56. The second-order valence-corrected chi connectivity index (χ2v) is 4.29. The molecule has 4 nitrogen and oxygen atoms in total. The highest BCUT2D eigenvalue weighted by Crippen LogP contribution is 2.32. The fourth-order valence-electron chi connectivity index (χ4n) is 2.10. The van der Waals surface area contributed by atoms with Crippen molar-refractivity contribution in [2.75, 3.05) is 23.8 Å². The molecule has 0 radical (unpaired) electrons. The van der Waals surface area contributed by atoms with Gasteiger partial charge in [0.2, 0.25) is 0 Å². The van der Waals surface area contributed by atoms with Crippen LogP contribution in [0.5, 0.6) is 0 Å². The summed E-state index contributed by atoms with van der Waals surface area (Å²) in [5, 5.41) is 8.93. The van der Waals surface area contributed by atoms with Crippen molar-refractivity contribution in [2.24, 2.45) is 0 Å². The molecule has 16 heavy (non-hydrogen) atoms. The monoisotopic (exact) mass is 221 g/mol. The summed E-state index contributed by atoms with van der Waals surface area (Å²) in [4.78, 5) is 6.33. The third-order valence-electron chi connectivity index (χ3n) is 3.21. The molecule has 1 aromatic heterocycles. The molecule has 1 fully saturated rings. The summed E-state index contributed by atoms with van der Waals surface area (Å²) < 4.78 is 0. The average molecular weight is 221 g/mol. The number of aromatic nitrogens is 1. The number of hydrogen-bond acceptors (Lipinski definition) is 4. The van der Waals surface area contributed by atoms with E-state index in [0.29, 0.717) is 6.04 Å². The van der Waals surface area contributed by atoms with E-state index >= 15 is 0 Å². The summed E-state index contributed by atoms with van der Waals surface area (Å²) >= 11 is 0. The van der Waals surface area contributed by atoms with Gasteiger partial charge in [-0.25, -0.2) is 0 Å². The lowest BCUT2D eigenvalue weighted by atomic mass is 9.91. The van der Waals surface area contributed by atoms with Crippen LogP contribution < -0.4 is 10.6 Å². The minimum Gasteiger partial charge on any atom is -0.396 e. The van der Waals surface area contributed by atoms with Crippen LogP contribution in [0.25, 0.3) is 0 Å². The lowest BCUT2D eigenvalue weighted by molar-refractivity contribution is 0.283. The van der Waals surface area contributed by atoms with Crippen molar-refractivity contribution in [1.82, 2.24) is 4.98 Å². The van der Waals surface area contributed by atoms with Gasteiger partial charge in [0.05, 0.1) is 17.6 Å². The SMILES string of the molecule is Nc1cnccc1N(CCCO)C1CCC1. The zero-order chi connectivity index (χ0) is 11.4. The molecule has 1 saturated carbocycles. The van der Waals surface area contributed by atoms with Crippen LogP contribution in [-0.4, -0.2) is 29.3 Å². The highest BCUT2D eigenvalue weighted by atomic mass is 16.3. The molecule has 0 spiro atoms. The van der Waals surface area contributed by atoms with Crippen molar-refractivity contribution >= 4 is 11.4 Å². The Kier molecular flexibility index (Phi) is 3.62. The van der Waals surface area contributed by atoms with E-state index in [1.54, 1.807) is 12.4 Å². The van der Waals surface area contributed by atoms with E-state index in [1.165, 1.54) is 19.3 Å². The van der Waals surface area contributed by atoms with E-state index in [0.717, 1.165) is 24.3 Å². The molecule has 0 unspecified atom stereocenters. The highest BCUT2D eigenvalue weighted by Gasteiger charge is 2.25. The van der Waals surface area contributed by atoms with Gasteiger partial charge in [0.25, 0.3) is 0 Å². The van der Waals surface area contributed by atoms with Crippen LogP contribution in [0.2, 0.25) is 0 Å². The largest absolute Gasteiger partial charge is 0.396 e. The minimum atomic E-state index is 0.230. The molecule has 0 bridgehead atoms. The molecule has 1 aromatic rings. The maximum Gasteiger partial charge on any atom is 0.0738 e. The number of aliphatic hydroxyl groups is 1. The van der Waals surface area contributed by atoms with Crippen LogP contribution in [0.3, 0.4) is 0 Å². The molecule has 0 amide bonds. The molecule has 1 aliphatic rings. The predicted molar refractivity (Wildman–Crippen MR) is 65.3 cm³/mol. The summed E-state index contributed by atoms with van der Waals surface area (Å²) in [5.74, 6) is 0. The Morgan fingerprint density at radius 3 is 2.88 bits per heavy atom. The standard InChI is InChI=1S/C12H19N3O/c13-11-9-14-6-5-12(11)15(7-2-8-16)10-3-1-4-10/h5-6,9-10,16H,1-4,7-8,13H2. The van der Waals surface area contributed by atoms with Gasteiger partial charge in [-0.15, -0.1) is 0 Å². The summed E-state index contributed by atoms with van der Waals surface area (Å²) in [6.45, 7) is 1.10. The summed E-state index contributed by atoms with van der Waals surface area (Å²) in [6.07, 6.45) is 8.01. The van der Waals surface area contributed by atoms with Gasteiger partial charge in [0, 0.05) is 25.4 Å². The molecule has 2 rings (SSSR count). The van der Waals surface area contributed by atoms with Crippen LogP contribution in [0, 0.1) is 0 Å². The van der Waals surface area contributed by atoms with Gasteiger partial charge < -0.3 is 15.7 Å². The number of pyridine rings is 1. The highest BCUT2D eigenvalue weighted by molar-refractivity contribution is 5.66. The van der Waals surface area contributed by atoms with Crippen molar-refractivity contribution in [1.29, 1.82) is 0 Å². The minimum absolute atomic E-state index is 0.230. The number of aliphatic hydroxyl groups excluding tert-OH is 1. The molecule has 1 heterocycles. The molecule has 0 saturated heterocycles. The second kappa shape index (κ2) is 5.16. The van der Waals surface area contributed by atoms with Crippen molar-refractivity contribution in [3.05, 3.63) is 18.5 Å². The fraction of sp³-hybridized carbons (Fsp3) is 0.583. The van der Waals surface area contributed by atoms with Crippen molar-refractivity contribution in [2.45, 2.75) is 31.7 Å². The number of rotatable bonds is 5. The van der Waals surface area contributed by atoms with Crippen LogP contribution >= 0.6 is 0 Å². The van der Waals surface area contributed by atoms with Gasteiger partial charge in [-0.05, 0) is 31.7 Å². The number of nitrogen functional groups attached to an aromatic ring is 1. The Balaban J connectivity index is 2.13. The van der Waals surface area contributed by atoms with Gasteiger partial charge in [-0.1, -0.05) is 0 Å². The Labute approximate surface area is 96.1 Å². The third-order valence-corrected chi connectivity index (χ3v) is 3.21. The van der Waals surface area contributed by atoms with Gasteiger partial charge in [0.15, 0.2) is 0 Å². The van der Waals surface area contributed by atoms with Crippen LogP contribution in [0.15, 0.2) is 18.5 Å². The predicted octanol–water partition coefficient (Wildman–Crippen LogP) is 1.41. The lowest BCUT2D eigenvalue weighted by Crippen LogP contribution is -2.41. The van der Waals surface area contributed by atoms with Crippen LogP contribution in [0.1, 0.15) is 25.7 Å². The van der Waals surface area contributed by atoms with E-state index in [-0.39, 0.29) is 6.61 Å². The van der Waals surface area contributed by atoms with E-state index in [1.807, 2.05) is 6.07 Å². The average Bonchev–Trinajstić information content (AvgIpc) is 2.22. The van der Waals surface area contributed by atoms with E-state index in [2.05, 4.69) is 9.88 Å². The Morgan fingerprint density at radius 2 is 2.31 bits per heavy atom. The van der Waals surface area contributed by atoms with Crippen molar-refractivity contribution in [3.8, 4) is 0 Å². The normalized spacial score (nSPS) is 15.8. The summed E-state index contributed by atoms with van der Waals surface area (Å²) in [5.41, 5.74) is 7.74. The molecule has 0 aromatic carbocycles. The lowest BCUT2D eigenvalue weighted by Gasteiger charge is -2.39. The molecule has 0 aliphatic heterocycles. The second-order valence-electron chi connectivity index (χ2n) is 4.29. The van der Waals surface area contributed by atoms with Gasteiger partial charge >= 0.3 is 0 Å². The Bertz CT molecular complexity index is 339. The topological polar surface area (TPSA) is 62.4 Å². The Hall–Kier alpha value is -1.29. The van der Waals surface area contributed by atoms with Gasteiger partial charge in [-0.3, -0.25) is 4.98 Å². The molecule has 1 aliphatic carbocycles. The first-order chi connectivity index (χ1) is 7.83. The maximum absolute atomic E-state index is 8.93. The van der Waals surface area contributed by atoms with Crippen molar-refractivity contribution < 1.29 is 5.11 Å². The molecular weight excluding hydrogens is 202 g/mol. The smallest absolute Gasteiger partial charge is 0.0738 e. The number of anilines is 2. The van der Waals surface area contributed by atoms with E-state index in [4.69, 9.17) is 10.8 Å². The molecule has 0 atom stereocenters. The quantitative estimate of drug-likeness (QED) is 0.789. The zero-order valence-corrected chi connectivity index (χ0v) is 9.47. The third kappa shape index (κ3) is 2.27. The summed E-state index contributed by atoms with van der Waals surface area (Å²) in [7, 11) is 0. The van der Waals surface area contributed by atoms with E-state index in [9.17, 15) is 0 Å². The number of nitrogens with two attached hydrogens (primary N) is 1. The molecule has 4 heteroatoms. The number of nitrogens with zero attached hydrogens (tertiary/aromatic N) is 2. The van der Waals surface area contributed by atoms with Gasteiger partial charge in [0.1, 0.15) is 0 Å². The fourth-order valence-corrected chi connectivity index (χ4v) is 2.10. The first-order valence-electron chi connectivity index (χ1n) is 5.90. The molecule has 88 valence electrons. The van der Waals surface area contributed by atoms with E-state index < -0.39 is 0 Å². The zero-order valence-electron chi connectivity index (χ0n) is 9.47. The van der Waals surface area contributed by atoms with Gasteiger partial charge in [-0.2, -0.15) is 0 Å². The molecular formula is C12H19N3O. The maximum atomic E-state index is 8.93. The molecule has 3 N–H and O–H groups in total. The first-order valence-corrected chi connectivity index (χ1v) is 5.90. The first kappa shape index (κ1) is 11.2. The van der Waals surface area contributed by atoms with Crippen LogP contribution in [0.4, 0.5) is 11.4 Å². The Morgan fingerprint density at radius 1 is 1.50 bits per heavy atom.